The van der Waals surface area contributed by atoms with E-state index in [2.05, 4.69) is 9.89 Å². The molecule has 24 heavy (non-hydrogen) atoms. The Morgan fingerprint density at radius 2 is 2.08 bits per heavy atom. The third-order valence-corrected chi connectivity index (χ3v) is 3.79. The lowest BCUT2D eigenvalue weighted by molar-refractivity contribution is -0.140. The molecule has 0 spiro atoms. The lowest BCUT2D eigenvalue weighted by Gasteiger charge is -2.25. The Bertz CT molecular complexity index is 737. The number of hydrogen-bond acceptors (Lipinski definition) is 5. The van der Waals surface area contributed by atoms with Crippen molar-refractivity contribution in [3.63, 3.8) is 0 Å². The summed E-state index contributed by atoms with van der Waals surface area (Å²) in [5.41, 5.74) is 1.54. The summed E-state index contributed by atoms with van der Waals surface area (Å²) >= 11 is 0. The third kappa shape index (κ3) is 3.61. The molecule has 1 heterocycles. The van der Waals surface area contributed by atoms with Gasteiger partial charge >= 0.3 is 5.97 Å². The Morgan fingerprint density at radius 3 is 2.62 bits per heavy atom. The molecular formula is C17H19FN2O4. The second kappa shape index (κ2) is 7.25. The molecular weight excluding hydrogens is 315 g/mol. The summed E-state index contributed by atoms with van der Waals surface area (Å²) in [5.74, 6) is -1.55. The number of methoxy groups -OCH3 is 1. The van der Waals surface area contributed by atoms with Gasteiger partial charge in [-0.15, -0.1) is 0 Å². The third-order valence-electron chi connectivity index (χ3n) is 3.79. The zero-order valence-electron chi connectivity index (χ0n) is 14.0. The molecule has 1 unspecified atom stereocenters. The van der Waals surface area contributed by atoms with E-state index in [0.29, 0.717) is 17.0 Å². The molecule has 6 nitrogen and oxygen atoms in total. The van der Waals surface area contributed by atoms with E-state index in [-0.39, 0.29) is 18.1 Å². The van der Waals surface area contributed by atoms with Gasteiger partial charge in [0.2, 0.25) is 5.91 Å². The number of rotatable bonds is 5. The van der Waals surface area contributed by atoms with Crippen LogP contribution >= 0.6 is 0 Å². The molecule has 0 saturated carbocycles. The Labute approximate surface area is 139 Å². The first-order valence-electron chi connectivity index (χ1n) is 7.41. The maximum absolute atomic E-state index is 13.5. The fourth-order valence-electron chi connectivity index (χ4n) is 2.60. The Balaban J connectivity index is 2.39. The lowest BCUT2D eigenvalue weighted by atomic mass is 9.97. The molecule has 0 fully saturated rings. The highest BCUT2D eigenvalue weighted by molar-refractivity contribution is 6.01. The van der Waals surface area contributed by atoms with Gasteiger partial charge in [0.1, 0.15) is 18.1 Å². The number of aryl methyl sites for hydroxylation is 2. The molecule has 2 aromatic rings. The number of ether oxygens (including phenoxy) is 1. The molecule has 1 aromatic carbocycles. The average molecular weight is 334 g/mol. The first-order chi connectivity index (χ1) is 11.3. The molecule has 0 aliphatic rings. The van der Waals surface area contributed by atoms with Crippen molar-refractivity contribution in [3.05, 3.63) is 47.1 Å². The van der Waals surface area contributed by atoms with Gasteiger partial charge in [-0.25, -0.2) is 4.39 Å². The van der Waals surface area contributed by atoms with Crippen LogP contribution in [-0.4, -0.2) is 30.7 Å². The maximum Gasteiger partial charge on any atom is 0.325 e. The quantitative estimate of drug-likeness (QED) is 0.786. The van der Waals surface area contributed by atoms with Crippen molar-refractivity contribution in [2.75, 3.05) is 18.6 Å². The van der Waals surface area contributed by atoms with Gasteiger partial charge in [0.15, 0.2) is 0 Å². The van der Waals surface area contributed by atoms with Gasteiger partial charge in [-0.2, -0.15) is 0 Å². The summed E-state index contributed by atoms with van der Waals surface area (Å²) in [7, 11) is 1.23. The molecule has 1 atom stereocenters. The number of carbonyl (C=O) groups excluding carboxylic acids is 2. The van der Waals surface area contributed by atoms with Crippen LogP contribution in [0.4, 0.5) is 10.1 Å². The van der Waals surface area contributed by atoms with Gasteiger partial charge < -0.3 is 14.2 Å². The number of amides is 1. The van der Waals surface area contributed by atoms with Crippen LogP contribution in [0.2, 0.25) is 0 Å². The normalized spacial score (nSPS) is 11.9. The van der Waals surface area contributed by atoms with Crippen LogP contribution in [0.15, 0.2) is 28.8 Å². The fraction of sp³-hybridized carbons (Fsp3) is 0.353. The predicted octanol–water partition coefficient (Wildman–Crippen LogP) is 2.74. The van der Waals surface area contributed by atoms with Crippen molar-refractivity contribution in [2.45, 2.75) is 26.7 Å². The van der Waals surface area contributed by atoms with Crippen molar-refractivity contribution in [3.8, 4) is 0 Å². The second-order valence-corrected chi connectivity index (χ2v) is 5.44. The van der Waals surface area contributed by atoms with Crippen LogP contribution in [0.25, 0.3) is 0 Å². The standard InChI is InChI=1S/C17H19FN2O4/c1-10(16-11(2)19-24-12(16)3)17(22)20(9-15(21)23-4)14-7-5-6-13(18)8-14/h5-8,10H,9H2,1-4H3. The van der Waals surface area contributed by atoms with E-state index < -0.39 is 17.7 Å². The highest BCUT2D eigenvalue weighted by Crippen LogP contribution is 2.27. The van der Waals surface area contributed by atoms with E-state index in [0.717, 1.165) is 0 Å². The fourth-order valence-corrected chi connectivity index (χ4v) is 2.60. The van der Waals surface area contributed by atoms with E-state index in [4.69, 9.17) is 4.52 Å². The minimum atomic E-state index is -0.607. The number of nitrogens with zero attached hydrogens (tertiary/aromatic N) is 2. The van der Waals surface area contributed by atoms with Crippen LogP contribution in [0.3, 0.4) is 0 Å². The SMILES string of the molecule is COC(=O)CN(C(=O)C(C)c1c(C)noc1C)c1cccc(F)c1. The molecule has 2 rings (SSSR count). The van der Waals surface area contributed by atoms with Crippen molar-refractivity contribution in [2.24, 2.45) is 0 Å². The average Bonchev–Trinajstić information content (AvgIpc) is 2.89. The molecule has 0 radical (unpaired) electrons. The Morgan fingerprint density at radius 1 is 1.38 bits per heavy atom. The number of hydrogen-bond donors (Lipinski definition) is 0. The van der Waals surface area contributed by atoms with E-state index in [9.17, 15) is 14.0 Å². The van der Waals surface area contributed by atoms with Crippen molar-refractivity contribution < 1.29 is 23.2 Å². The van der Waals surface area contributed by atoms with Crippen LogP contribution in [0.5, 0.6) is 0 Å². The number of esters is 1. The van der Waals surface area contributed by atoms with E-state index in [1.165, 1.54) is 30.2 Å². The molecule has 0 N–H and O–H groups in total. The van der Waals surface area contributed by atoms with Crippen molar-refractivity contribution >= 4 is 17.6 Å². The van der Waals surface area contributed by atoms with Crippen LogP contribution < -0.4 is 4.90 Å². The number of benzene rings is 1. The van der Waals surface area contributed by atoms with Crippen LogP contribution in [0.1, 0.15) is 29.9 Å². The highest BCUT2D eigenvalue weighted by Gasteiger charge is 2.29. The zero-order chi connectivity index (χ0) is 17.9. The molecule has 1 amide bonds. The maximum atomic E-state index is 13.5. The molecule has 0 bridgehead atoms. The van der Waals surface area contributed by atoms with Crippen molar-refractivity contribution in [1.29, 1.82) is 0 Å². The van der Waals surface area contributed by atoms with Crippen LogP contribution in [-0.2, 0) is 14.3 Å². The van der Waals surface area contributed by atoms with Crippen molar-refractivity contribution in [1.82, 2.24) is 5.16 Å². The first kappa shape index (κ1) is 17.7. The van der Waals surface area contributed by atoms with E-state index in [1.54, 1.807) is 26.8 Å². The summed E-state index contributed by atoms with van der Waals surface area (Å²) in [4.78, 5) is 25.8. The van der Waals surface area contributed by atoms with Gasteiger partial charge in [0.05, 0.1) is 18.7 Å². The van der Waals surface area contributed by atoms with E-state index >= 15 is 0 Å². The molecule has 0 aliphatic heterocycles. The zero-order valence-corrected chi connectivity index (χ0v) is 14.0. The topological polar surface area (TPSA) is 72.6 Å². The highest BCUT2D eigenvalue weighted by atomic mass is 19.1. The summed E-state index contributed by atoms with van der Waals surface area (Å²) < 4.78 is 23.3. The van der Waals surface area contributed by atoms with Gasteiger partial charge in [-0.1, -0.05) is 11.2 Å². The lowest BCUT2D eigenvalue weighted by Crippen LogP contribution is -2.39. The Kier molecular flexibility index (Phi) is 5.33. The summed E-state index contributed by atoms with van der Waals surface area (Å²) in [6.45, 7) is 4.83. The van der Waals surface area contributed by atoms with Crippen LogP contribution in [0, 0.1) is 19.7 Å². The molecule has 1 aromatic heterocycles. The number of halogens is 1. The molecule has 0 saturated heterocycles. The number of carbonyl (C=O) groups is 2. The minimum Gasteiger partial charge on any atom is -0.468 e. The Hall–Kier alpha value is -2.70. The molecule has 128 valence electrons. The molecule has 0 aliphatic carbocycles. The number of anilines is 1. The summed E-state index contributed by atoms with van der Waals surface area (Å²) in [6.07, 6.45) is 0. The van der Waals surface area contributed by atoms with Gasteiger partial charge in [0, 0.05) is 11.3 Å². The molecule has 7 heteroatoms. The minimum absolute atomic E-state index is 0.281. The predicted molar refractivity (Wildman–Crippen MR) is 85.2 cm³/mol. The van der Waals surface area contributed by atoms with Gasteiger partial charge in [-0.3, -0.25) is 9.59 Å². The largest absolute Gasteiger partial charge is 0.468 e. The second-order valence-electron chi connectivity index (χ2n) is 5.44. The van der Waals surface area contributed by atoms with E-state index in [1.807, 2.05) is 0 Å². The summed E-state index contributed by atoms with van der Waals surface area (Å²) in [6, 6.07) is 5.50. The van der Waals surface area contributed by atoms with Gasteiger partial charge in [-0.05, 0) is 39.0 Å². The smallest absolute Gasteiger partial charge is 0.325 e. The monoisotopic (exact) mass is 334 g/mol. The summed E-state index contributed by atoms with van der Waals surface area (Å²) in [5, 5.41) is 3.85. The first-order valence-corrected chi connectivity index (χ1v) is 7.41. The number of aromatic nitrogens is 1. The van der Waals surface area contributed by atoms with Gasteiger partial charge in [0.25, 0.3) is 0 Å².